The second kappa shape index (κ2) is 3.78. The van der Waals surface area contributed by atoms with Gasteiger partial charge in [0, 0.05) is 16.2 Å². The van der Waals surface area contributed by atoms with E-state index in [2.05, 4.69) is 15.0 Å². The van der Waals surface area contributed by atoms with Gasteiger partial charge in [-0.3, -0.25) is 4.79 Å². The first kappa shape index (κ1) is 9.35. The molecule has 5 heteroatoms. The highest BCUT2D eigenvalue weighted by Crippen LogP contribution is 2.04. The molecule has 0 unspecified atom stereocenters. The molecule has 1 aromatic heterocycles. The molecule has 0 spiro atoms. The Bertz CT molecular complexity index is 415. The predicted molar refractivity (Wildman–Crippen MR) is 49.4 cm³/mol. The summed E-state index contributed by atoms with van der Waals surface area (Å²) < 4.78 is 0. The van der Waals surface area contributed by atoms with E-state index in [-0.39, 0.29) is 12.1 Å². The molecule has 13 heavy (non-hydrogen) atoms. The molecule has 0 bridgehead atoms. The number of pyridine rings is 1. The van der Waals surface area contributed by atoms with Crippen LogP contribution in [0.2, 0.25) is 0 Å². The molecule has 0 saturated heterocycles. The summed E-state index contributed by atoms with van der Waals surface area (Å²) >= 11 is 0. The zero-order valence-corrected chi connectivity index (χ0v) is 7.53. The number of aromatic nitrogens is 1. The van der Waals surface area contributed by atoms with E-state index in [1.54, 1.807) is 0 Å². The van der Waals surface area contributed by atoms with Crippen molar-refractivity contribution < 1.29 is 0 Å². The summed E-state index contributed by atoms with van der Waals surface area (Å²) in [6.07, 6.45) is 0. The first-order chi connectivity index (χ1) is 6.15. The summed E-state index contributed by atoms with van der Waals surface area (Å²) in [5, 5.41) is 3.35. The van der Waals surface area contributed by atoms with Gasteiger partial charge in [0.2, 0.25) is 0 Å². The minimum atomic E-state index is -0.176. The topological polar surface area (TPSA) is 81.6 Å². The molecule has 0 fully saturated rings. The zero-order valence-electron chi connectivity index (χ0n) is 7.53. The molecule has 0 amide bonds. The van der Waals surface area contributed by atoms with Crippen molar-refractivity contribution in [2.75, 3.05) is 0 Å². The number of hydrogen-bond donors (Lipinski definition) is 1. The number of aryl methyl sites for hydroxylation is 2. The van der Waals surface area contributed by atoms with E-state index >= 15 is 0 Å². The average molecular weight is 178 g/mol. The Labute approximate surface area is 75.0 Å². The van der Waals surface area contributed by atoms with E-state index in [9.17, 15) is 4.79 Å². The Morgan fingerprint density at radius 2 is 2.31 bits per heavy atom. The minimum Gasteiger partial charge on any atom is -0.326 e. The zero-order chi connectivity index (χ0) is 9.84. The Balaban J connectivity index is 3.21. The molecular weight excluding hydrogens is 168 g/mol. The first-order valence-electron chi connectivity index (χ1n) is 3.85. The maximum atomic E-state index is 11.3. The van der Waals surface area contributed by atoms with Crippen molar-refractivity contribution in [3.05, 3.63) is 43.7 Å². The van der Waals surface area contributed by atoms with Crippen LogP contribution in [0.1, 0.15) is 16.8 Å². The lowest BCUT2D eigenvalue weighted by Crippen LogP contribution is -2.14. The van der Waals surface area contributed by atoms with Gasteiger partial charge in [0.05, 0.1) is 6.54 Å². The second-order valence-electron chi connectivity index (χ2n) is 2.83. The van der Waals surface area contributed by atoms with Gasteiger partial charge in [-0.2, -0.15) is 0 Å². The van der Waals surface area contributed by atoms with E-state index in [0.29, 0.717) is 5.56 Å². The lowest BCUT2D eigenvalue weighted by molar-refractivity contribution is 0.964. The number of aromatic amines is 1. The Morgan fingerprint density at radius 3 is 2.85 bits per heavy atom. The second-order valence-corrected chi connectivity index (χ2v) is 2.83. The molecule has 0 radical (unpaired) electrons. The molecule has 1 N–H and O–H groups in total. The fraction of sp³-hybridized carbons (Fsp3) is 0.375. The van der Waals surface area contributed by atoms with Crippen LogP contribution < -0.4 is 5.56 Å². The summed E-state index contributed by atoms with van der Waals surface area (Å²) in [7, 11) is 0. The quantitative estimate of drug-likeness (QED) is 0.418. The highest BCUT2D eigenvalue weighted by atomic mass is 16.1. The third-order valence-electron chi connectivity index (χ3n) is 1.79. The standard InChI is InChI=1S/C8H10N4O/c1-5-3-6(2)11-8(13)7(5)4-10-12-9/h3H,4H2,1-2H3,(H,11,13). The van der Waals surface area contributed by atoms with Crippen LogP contribution in [0.3, 0.4) is 0 Å². The SMILES string of the molecule is Cc1cc(C)c(CN=[N+]=[N-])c(=O)[nH]1. The van der Waals surface area contributed by atoms with E-state index in [4.69, 9.17) is 5.53 Å². The highest BCUT2D eigenvalue weighted by molar-refractivity contribution is 5.24. The van der Waals surface area contributed by atoms with Crippen LogP contribution in [-0.2, 0) is 6.54 Å². The van der Waals surface area contributed by atoms with Crippen molar-refractivity contribution in [3.63, 3.8) is 0 Å². The van der Waals surface area contributed by atoms with Crippen LogP contribution in [0.4, 0.5) is 0 Å². The fourth-order valence-corrected chi connectivity index (χ4v) is 1.18. The molecule has 1 aromatic rings. The van der Waals surface area contributed by atoms with Gasteiger partial charge in [0.15, 0.2) is 0 Å². The van der Waals surface area contributed by atoms with Crippen molar-refractivity contribution >= 4 is 0 Å². The van der Waals surface area contributed by atoms with Crippen LogP contribution in [0.25, 0.3) is 10.4 Å². The van der Waals surface area contributed by atoms with Crippen molar-refractivity contribution in [2.45, 2.75) is 20.4 Å². The molecule has 1 heterocycles. The molecule has 0 atom stereocenters. The smallest absolute Gasteiger partial charge is 0.251 e. The fourth-order valence-electron chi connectivity index (χ4n) is 1.18. The molecule has 0 aromatic carbocycles. The van der Waals surface area contributed by atoms with Crippen LogP contribution in [-0.4, -0.2) is 4.98 Å². The summed E-state index contributed by atoms with van der Waals surface area (Å²) in [6.45, 7) is 3.74. The molecule has 68 valence electrons. The van der Waals surface area contributed by atoms with Gasteiger partial charge in [-0.25, -0.2) is 0 Å². The molecule has 0 saturated carbocycles. The summed E-state index contributed by atoms with van der Waals surface area (Å²) in [4.78, 5) is 16.6. The maximum absolute atomic E-state index is 11.3. The number of azide groups is 1. The largest absolute Gasteiger partial charge is 0.326 e. The van der Waals surface area contributed by atoms with Crippen LogP contribution in [0, 0.1) is 13.8 Å². The highest BCUT2D eigenvalue weighted by Gasteiger charge is 2.02. The maximum Gasteiger partial charge on any atom is 0.251 e. The molecule has 0 aliphatic carbocycles. The number of nitrogens with one attached hydrogen (secondary N) is 1. The third kappa shape index (κ3) is 2.10. The number of H-pyrrole nitrogens is 1. The van der Waals surface area contributed by atoms with Crippen molar-refractivity contribution in [3.8, 4) is 0 Å². The third-order valence-corrected chi connectivity index (χ3v) is 1.79. The van der Waals surface area contributed by atoms with Gasteiger partial charge in [-0.1, -0.05) is 5.11 Å². The number of nitrogens with zero attached hydrogens (tertiary/aromatic N) is 3. The van der Waals surface area contributed by atoms with Crippen molar-refractivity contribution in [1.29, 1.82) is 0 Å². The van der Waals surface area contributed by atoms with Gasteiger partial charge >= 0.3 is 0 Å². The monoisotopic (exact) mass is 178 g/mol. The van der Waals surface area contributed by atoms with Crippen molar-refractivity contribution in [2.24, 2.45) is 5.11 Å². The lowest BCUT2D eigenvalue weighted by Gasteiger charge is -2.01. The number of hydrogen-bond acceptors (Lipinski definition) is 2. The number of rotatable bonds is 2. The van der Waals surface area contributed by atoms with Gasteiger partial charge in [0.25, 0.3) is 5.56 Å². The molecule has 0 aliphatic heterocycles. The van der Waals surface area contributed by atoms with E-state index in [0.717, 1.165) is 11.3 Å². The summed E-state index contributed by atoms with van der Waals surface area (Å²) in [6, 6.07) is 1.85. The van der Waals surface area contributed by atoms with Gasteiger partial charge < -0.3 is 4.98 Å². The predicted octanol–water partition coefficient (Wildman–Crippen LogP) is 1.80. The lowest BCUT2D eigenvalue weighted by atomic mass is 10.1. The molecule has 1 rings (SSSR count). The Hall–Kier alpha value is -1.74. The van der Waals surface area contributed by atoms with Gasteiger partial charge in [-0.05, 0) is 31.0 Å². The Kier molecular flexibility index (Phi) is 2.72. The van der Waals surface area contributed by atoms with Crippen LogP contribution in [0.15, 0.2) is 16.0 Å². The Morgan fingerprint density at radius 1 is 1.62 bits per heavy atom. The van der Waals surface area contributed by atoms with E-state index < -0.39 is 0 Å². The van der Waals surface area contributed by atoms with Crippen molar-refractivity contribution in [1.82, 2.24) is 4.98 Å². The molecular formula is C8H10N4O. The van der Waals surface area contributed by atoms with E-state index in [1.165, 1.54) is 0 Å². The van der Waals surface area contributed by atoms with Crippen LogP contribution >= 0.6 is 0 Å². The normalized spacial score (nSPS) is 9.38. The first-order valence-corrected chi connectivity index (χ1v) is 3.85. The molecule has 5 nitrogen and oxygen atoms in total. The summed E-state index contributed by atoms with van der Waals surface area (Å²) in [5.74, 6) is 0. The van der Waals surface area contributed by atoms with Gasteiger partial charge in [-0.15, -0.1) is 0 Å². The van der Waals surface area contributed by atoms with Crippen LogP contribution in [0.5, 0.6) is 0 Å². The van der Waals surface area contributed by atoms with E-state index in [1.807, 2.05) is 19.9 Å². The summed E-state index contributed by atoms with van der Waals surface area (Å²) in [5.41, 5.74) is 10.1. The van der Waals surface area contributed by atoms with Gasteiger partial charge in [0.1, 0.15) is 0 Å². The molecule has 0 aliphatic rings. The average Bonchev–Trinajstić information content (AvgIpc) is 2.02. The minimum absolute atomic E-state index is 0.109.